The van der Waals surface area contributed by atoms with Crippen LogP contribution >= 0.6 is 0 Å². The lowest BCUT2D eigenvalue weighted by molar-refractivity contribution is -0.119. The predicted octanol–water partition coefficient (Wildman–Crippen LogP) is 3.90. The van der Waals surface area contributed by atoms with Gasteiger partial charge in [0.05, 0.1) is 12.1 Å². The van der Waals surface area contributed by atoms with Gasteiger partial charge in [-0.2, -0.15) is 0 Å². The van der Waals surface area contributed by atoms with Crippen molar-refractivity contribution in [2.45, 2.75) is 67.5 Å². The zero-order chi connectivity index (χ0) is 27.8. The molecule has 2 aliphatic carbocycles. The molecule has 1 aromatic carbocycles. The highest BCUT2D eigenvalue weighted by Gasteiger charge is 2.55. The zero-order valence-electron chi connectivity index (χ0n) is 23.3. The van der Waals surface area contributed by atoms with Crippen LogP contribution in [0.15, 0.2) is 53.7 Å². The molecule has 1 spiro atoms. The van der Waals surface area contributed by atoms with Gasteiger partial charge in [0.15, 0.2) is 20.6 Å². The van der Waals surface area contributed by atoms with Crippen molar-refractivity contribution in [3.05, 3.63) is 59.8 Å². The molecule has 2 amide bonds. The molecule has 3 fully saturated rings. The van der Waals surface area contributed by atoms with Crippen molar-refractivity contribution >= 4 is 21.7 Å². The van der Waals surface area contributed by atoms with Crippen LogP contribution in [0.4, 0.5) is 4.79 Å². The number of hydrogen-bond acceptors (Lipinski definition) is 6. The Kier molecular flexibility index (Phi) is 7.59. The molecule has 2 heterocycles. The summed E-state index contributed by atoms with van der Waals surface area (Å²) in [4.78, 5) is 37.1. The van der Waals surface area contributed by atoms with Gasteiger partial charge in [0.1, 0.15) is 0 Å². The molecule has 1 saturated heterocycles. The molecule has 5 rings (SSSR count). The lowest BCUT2D eigenvalue weighted by Gasteiger charge is -2.51. The monoisotopic (exact) mass is 552 g/mol. The summed E-state index contributed by atoms with van der Waals surface area (Å²) < 4.78 is 23.4. The summed E-state index contributed by atoms with van der Waals surface area (Å²) in [5, 5.41) is -0.0106. The molecule has 0 unspecified atom stereocenters. The number of Topliss-reactive ketones (excluding diaryl/α,β-unsaturated/α-hetero) is 1. The SMILES string of the molecule is CN(C)C1(c2ccccc2)CCC2(CC1)CN(CC(=O)Cc1ccc(S(C)(=O)=O)nc1)C(=O)N2CC1CCC1. The van der Waals surface area contributed by atoms with E-state index in [2.05, 4.69) is 59.2 Å². The number of carbonyl (C=O) groups excluding carboxylic acids is 2. The summed E-state index contributed by atoms with van der Waals surface area (Å²) in [6.07, 6.45) is 9.95. The molecular formula is C30H40N4O4S. The fourth-order valence-corrected chi connectivity index (χ4v) is 7.30. The number of amides is 2. The van der Waals surface area contributed by atoms with E-state index in [1.807, 2.05) is 0 Å². The van der Waals surface area contributed by atoms with Gasteiger partial charge in [-0.05, 0) is 75.7 Å². The number of aromatic nitrogens is 1. The molecule has 1 aromatic heterocycles. The Labute approximate surface area is 232 Å². The maximum atomic E-state index is 13.8. The molecule has 0 radical (unpaired) electrons. The quantitative estimate of drug-likeness (QED) is 0.469. The highest BCUT2D eigenvalue weighted by Crippen LogP contribution is 2.49. The third-order valence-corrected chi connectivity index (χ3v) is 10.3. The number of carbonyl (C=O) groups is 2. The van der Waals surface area contributed by atoms with Crippen LogP contribution < -0.4 is 0 Å². The van der Waals surface area contributed by atoms with E-state index in [0.717, 1.165) is 38.5 Å². The number of urea groups is 1. The highest BCUT2D eigenvalue weighted by atomic mass is 32.2. The maximum absolute atomic E-state index is 13.8. The molecule has 3 aliphatic rings. The summed E-state index contributed by atoms with van der Waals surface area (Å²) in [7, 11) is 0.911. The van der Waals surface area contributed by atoms with Crippen molar-refractivity contribution in [3.63, 3.8) is 0 Å². The van der Waals surface area contributed by atoms with Crippen LogP contribution in [0, 0.1) is 5.92 Å². The van der Waals surface area contributed by atoms with E-state index >= 15 is 0 Å². The second-order valence-electron chi connectivity index (χ2n) is 12.1. The predicted molar refractivity (Wildman–Crippen MR) is 150 cm³/mol. The van der Waals surface area contributed by atoms with Crippen LogP contribution in [0.3, 0.4) is 0 Å². The van der Waals surface area contributed by atoms with Gasteiger partial charge < -0.3 is 9.80 Å². The lowest BCUT2D eigenvalue weighted by atomic mass is 9.68. The first-order valence-corrected chi connectivity index (χ1v) is 15.9. The van der Waals surface area contributed by atoms with Gasteiger partial charge in [0.25, 0.3) is 0 Å². The number of ketones is 1. The summed E-state index contributed by atoms with van der Waals surface area (Å²) >= 11 is 0. The molecule has 1 aliphatic heterocycles. The van der Waals surface area contributed by atoms with E-state index in [4.69, 9.17) is 0 Å². The average molecular weight is 553 g/mol. The Morgan fingerprint density at radius 1 is 1.05 bits per heavy atom. The van der Waals surface area contributed by atoms with Crippen molar-refractivity contribution in [3.8, 4) is 0 Å². The van der Waals surface area contributed by atoms with Crippen molar-refractivity contribution in [1.82, 2.24) is 19.7 Å². The first kappa shape index (κ1) is 27.8. The molecule has 39 heavy (non-hydrogen) atoms. The van der Waals surface area contributed by atoms with Crippen LogP contribution in [0.1, 0.15) is 56.1 Å². The topological polar surface area (TPSA) is 90.9 Å². The molecule has 0 bridgehead atoms. The number of pyridine rings is 1. The molecule has 210 valence electrons. The largest absolute Gasteiger partial charge is 0.321 e. The Morgan fingerprint density at radius 2 is 1.74 bits per heavy atom. The molecule has 8 nitrogen and oxygen atoms in total. The van der Waals surface area contributed by atoms with Gasteiger partial charge in [0, 0.05) is 37.5 Å². The smallest absolute Gasteiger partial charge is 0.317 e. The molecule has 2 saturated carbocycles. The standard InChI is InChI=1S/C30H40N4O4S/c1-32(2)30(25-10-5-4-6-11-25)16-14-29(15-17-30)22-33(28(36)34(29)20-23-8-7-9-23)21-26(35)18-24-12-13-27(31-19-24)39(3,37)38/h4-6,10-13,19,23H,7-9,14-18,20-22H2,1-3H3. The summed E-state index contributed by atoms with van der Waals surface area (Å²) in [6, 6.07) is 13.7. The second kappa shape index (κ2) is 10.7. The fraction of sp³-hybridized carbons (Fsp3) is 0.567. The lowest BCUT2D eigenvalue weighted by Crippen LogP contribution is -2.56. The number of nitrogens with zero attached hydrogens (tertiary/aromatic N) is 4. The van der Waals surface area contributed by atoms with E-state index in [1.54, 1.807) is 11.0 Å². The minimum atomic E-state index is -3.39. The summed E-state index contributed by atoms with van der Waals surface area (Å²) in [5.74, 6) is 0.483. The van der Waals surface area contributed by atoms with Crippen LogP contribution in [0.5, 0.6) is 0 Å². The van der Waals surface area contributed by atoms with Gasteiger partial charge in [-0.1, -0.05) is 42.8 Å². The maximum Gasteiger partial charge on any atom is 0.321 e. The van der Waals surface area contributed by atoms with Crippen LogP contribution in [-0.4, -0.2) is 85.4 Å². The van der Waals surface area contributed by atoms with Crippen LogP contribution in [0.2, 0.25) is 0 Å². The van der Waals surface area contributed by atoms with E-state index in [1.165, 1.54) is 37.1 Å². The van der Waals surface area contributed by atoms with E-state index in [9.17, 15) is 18.0 Å². The number of rotatable bonds is 9. The zero-order valence-corrected chi connectivity index (χ0v) is 24.1. The Morgan fingerprint density at radius 3 is 2.28 bits per heavy atom. The summed E-state index contributed by atoms with van der Waals surface area (Å²) in [6.45, 7) is 1.42. The van der Waals surface area contributed by atoms with Gasteiger partial charge in [-0.25, -0.2) is 18.2 Å². The van der Waals surface area contributed by atoms with Crippen LogP contribution in [0.25, 0.3) is 0 Å². The number of hydrogen-bond donors (Lipinski definition) is 0. The van der Waals surface area contributed by atoms with Gasteiger partial charge in [-0.15, -0.1) is 0 Å². The third kappa shape index (κ3) is 5.48. The second-order valence-corrected chi connectivity index (χ2v) is 14.0. The molecule has 2 aromatic rings. The Balaban J connectivity index is 1.31. The van der Waals surface area contributed by atoms with Crippen molar-refractivity contribution in [2.75, 3.05) is 40.0 Å². The number of benzene rings is 1. The van der Waals surface area contributed by atoms with Gasteiger partial charge in [-0.3, -0.25) is 9.69 Å². The number of sulfone groups is 1. The van der Waals surface area contributed by atoms with E-state index in [0.29, 0.717) is 18.0 Å². The van der Waals surface area contributed by atoms with E-state index < -0.39 is 9.84 Å². The minimum Gasteiger partial charge on any atom is -0.317 e. The first-order chi connectivity index (χ1) is 18.5. The first-order valence-electron chi connectivity index (χ1n) is 14.0. The van der Waals surface area contributed by atoms with Crippen molar-refractivity contribution < 1.29 is 18.0 Å². The average Bonchev–Trinajstić information content (AvgIpc) is 3.11. The molecular weight excluding hydrogens is 512 g/mol. The minimum absolute atomic E-state index is 0.0106. The molecule has 0 atom stereocenters. The highest BCUT2D eigenvalue weighted by molar-refractivity contribution is 7.90. The molecule has 9 heteroatoms. The van der Waals surface area contributed by atoms with Gasteiger partial charge in [0.2, 0.25) is 0 Å². The van der Waals surface area contributed by atoms with Crippen molar-refractivity contribution in [1.29, 1.82) is 0 Å². The van der Waals surface area contributed by atoms with Crippen molar-refractivity contribution in [2.24, 2.45) is 5.92 Å². The Bertz CT molecular complexity index is 1300. The normalized spacial score (nSPS) is 25.9. The third-order valence-electron chi connectivity index (χ3n) is 9.35. The fourth-order valence-electron chi connectivity index (χ4n) is 6.74. The molecule has 0 N–H and O–H groups in total. The van der Waals surface area contributed by atoms with Gasteiger partial charge >= 0.3 is 6.03 Å². The van der Waals surface area contributed by atoms with Crippen LogP contribution in [-0.2, 0) is 26.6 Å². The Hall–Kier alpha value is -2.78. The summed E-state index contributed by atoms with van der Waals surface area (Å²) in [5.41, 5.74) is 1.66. The van der Waals surface area contributed by atoms with E-state index in [-0.39, 0.29) is 40.9 Å².